The highest BCUT2D eigenvalue weighted by molar-refractivity contribution is 7.89. The quantitative estimate of drug-likeness (QED) is 0.589. The minimum absolute atomic E-state index is 0.108. The maximum atomic E-state index is 12.0. The number of nitrogens with one attached hydrogen (secondary N) is 3. The van der Waals surface area contributed by atoms with Crippen molar-refractivity contribution in [1.82, 2.24) is 10.3 Å². The zero-order chi connectivity index (χ0) is 15.3. The van der Waals surface area contributed by atoms with Gasteiger partial charge in [-0.05, 0) is 42.5 Å². The molecule has 2 aromatic carbocycles. The van der Waals surface area contributed by atoms with E-state index in [1.54, 1.807) is 42.5 Å². The standard InChI is InChI=1S/C13H12ClN3O2S2/c14-10-5-4-6-11(9-10)15-13(20)16-17-21(18,19)12-7-2-1-3-8-12/h1-9,17H,(H2,15,16,20). The van der Waals surface area contributed by atoms with Crippen molar-refractivity contribution in [3.05, 3.63) is 59.6 Å². The van der Waals surface area contributed by atoms with Gasteiger partial charge in [-0.3, -0.25) is 5.43 Å². The topological polar surface area (TPSA) is 70.2 Å². The van der Waals surface area contributed by atoms with E-state index < -0.39 is 10.0 Å². The first-order valence-corrected chi connectivity index (χ1v) is 8.14. The largest absolute Gasteiger partial charge is 0.332 e. The number of thiocarbonyl (C=S) groups is 1. The summed E-state index contributed by atoms with van der Waals surface area (Å²) in [5, 5.41) is 3.47. The van der Waals surface area contributed by atoms with Crippen molar-refractivity contribution in [2.24, 2.45) is 0 Å². The summed E-state index contributed by atoms with van der Waals surface area (Å²) in [6, 6.07) is 14.9. The molecular weight excluding hydrogens is 330 g/mol. The van der Waals surface area contributed by atoms with Crippen LogP contribution in [-0.2, 0) is 10.0 Å². The van der Waals surface area contributed by atoms with Crippen molar-refractivity contribution in [2.75, 3.05) is 5.32 Å². The minimum Gasteiger partial charge on any atom is -0.332 e. The molecular formula is C13H12ClN3O2S2. The number of hydrogen-bond acceptors (Lipinski definition) is 3. The lowest BCUT2D eigenvalue weighted by molar-refractivity contribution is 0.578. The van der Waals surface area contributed by atoms with Crippen molar-refractivity contribution >= 4 is 44.6 Å². The van der Waals surface area contributed by atoms with E-state index in [9.17, 15) is 8.42 Å². The van der Waals surface area contributed by atoms with E-state index in [2.05, 4.69) is 15.6 Å². The highest BCUT2D eigenvalue weighted by atomic mass is 35.5. The van der Waals surface area contributed by atoms with Crippen molar-refractivity contribution in [3.8, 4) is 0 Å². The number of anilines is 1. The summed E-state index contributed by atoms with van der Waals surface area (Å²) in [5.41, 5.74) is 3.08. The third kappa shape index (κ3) is 4.68. The Labute approximate surface area is 133 Å². The van der Waals surface area contributed by atoms with Gasteiger partial charge in [0.15, 0.2) is 5.11 Å². The lowest BCUT2D eigenvalue weighted by Gasteiger charge is -2.12. The molecule has 5 nitrogen and oxygen atoms in total. The van der Waals surface area contributed by atoms with Gasteiger partial charge in [0.25, 0.3) is 10.0 Å². The van der Waals surface area contributed by atoms with Crippen LogP contribution in [0.1, 0.15) is 0 Å². The third-order valence-corrected chi connectivity index (χ3v) is 4.14. The Balaban J connectivity index is 1.95. The van der Waals surface area contributed by atoms with E-state index in [0.29, 0.717) is 10.7 Å². The van der Waals surface area contributed by atoms with Crippen molar-refractivity contribution in [2.45, 2.75) is 4.90 Å². The monoisotopic (exact) mass is 341 g/mol. The molecule has 0 heterocycles. The Morgan fingerprint density at radius 3 is 2.43 bits per heavy atom. The van der Waals surface area contributed by atoms with Crippen LogP contribution in [0.2, 0.25) is 5.02 Å². The fourth-order valence-electron chi connectivity index (χ4n) is 1.50. The van der Waals surface area contributed by atoms with Crippen LogP contribution in [0.5, 0.6) is 0 Å². The smallest absolute Gasteiger partial charge is 0.257 e. The van der Waals surface area contributed by atoms with E-state index in [1.165, 1.54) is 12.1 Å². The van der Waals surface area contributed by atoms with Crippen LogP contribution < -0.4 is 15.6 Å². The van der Waals surface area contributed by atoms with Crippen LogP contribution >= 0.6 is 23.8 Å². The molecule has 0 bridgehead atoms. The maximum absolute atomic E-state index is 12.0. The van der Waals surface area contributed by atoms with Crippen LogP contribution in [0.3, 0.4) is 0 Å². The van der Waals surface area contributed by atoms with E-state index >= 15 is 0 Å². The zero-order valence-electron chi connectivity index (χ0n) is 10.7. The molecule has 0 amide bonds. The van der Waals surface area contributed by atoms with Gasteiger partial charge in [0, 0.05) is 10.7 Å². The highest BCUT2D eigenvalue weighted by Crippen LogP contribution is 2.14. The van der Waals surface area contributed by atoms with Gasteiger partial charge >= 0.3 is 0 Å². The van der Waals surface area contributed by atoms with Gasteiger partial charge < -0.3 is 5.32 Å². The van der Waals surface area contributed by atoms with Crippen molar-refractivity contribution in [3.63, 3.8) is 0 Å². The van der Waals surface area contributed by atoms with Gasteiger partial charge in [-0.15, -0.1) is 4.83 Å². The first kappa shape index (κ1) is 15.7. The predicted molar refractivity (Wildman–Crippen MR) is 87.6 cm³/mol. The van der Waals surface area contributed by atoms with E-state index in [0.717, 1.165) is 0 Å². The summed E-state index contributed by atoms with van der Waals surface area (Å²) in [5.74, 6) is 0. The molecule has 0 unspecified atom stereocenters. The molecule has 8 heteroatoms. The first-order valence-electron chi connectivity index (χ1n) is 5.87. The second kappa shape index (κ2) is 6.86. The summed E-state index contributed by atoms with van der Waals surface area (Å²) in [4.78, 5) is 2.34. The fourth-order valence-corrected chi connectivity index (χ4v) is 2.79. The zero-order valence-corrected chi connectivity index (χ0v) is 13.1. The van der Waals surface area contributed by atoms with Gasteiger partial charge in [0.1, 0.15) is 0 Å². The fraction of sp³-hybridized carbons (Fsp3) is 0. The van der Waals surface area contributed by atoms with Crippen LogP contribution in [0.25, 0.3) is 0 Å². The van der Waals surface area contributed by atoms with E-state index in [-0.39, 0.29) is 10.0 Å². The Bertz CT molecular complexity index is 736. The molecule has 0 fully saturated rings. The normalized spacial score (nSPS) is 10.9. The Kier molecular flexibility index (Phi) is 5.13. The molecule has 0 saturated carbocycles. The number of hydrogen-bond donors (Lipinski definition) is 3. The number of halogens is 1. The predicted octanol–water partition coefficient (Wildman–Crippen LogP) is 2.52. The van der Waals surface area contributed by atoms with Gasteiger partial charge in [-0.2, -0.15) is 0 Å². The number of sulfonamides is 1. The summed E-state index contributed by atoms with van der Waals surface area (Å²) in [7, 11) is -3.67. The summed E-state index contributed by atoms with van der Waals surface area (Å²) in [6.45, 7) is 0. The van der Waals surface area contributed by atoms with Gasteiger partial charge in [0.2, 0.25) is 0 Å². The summed E-state index contributed by atoms with van der Waals surface area (Å²) in [6.07, 6.45) is 0. The average molecular weight is 342 g/mol. The molecule has 0 aromatic heterocycles. The maximum Gasteiger partial charge on any atom is 0.257 e. The average Bonchev–Trinajstić information content (AvgIpc) is 2.46. The lowest BCUT2D eigenvalue weighted by atomic mass is 10.3. The molecule has 0 radical (unpaired) electrons. The van der Waals surface area contributed by atoms with Crippen LogP contribution in [0.4, 0.5) is 5.69 Å². The molecule has 0 aliphatic heterocycles. The molecule has 0 aliphatic rings. The summed E-state index contributed by atoms with van der Waals surface area (Å²) < 4.78 is 23.9. The molecule has 3 N–H and O–H groups in total. The number of benzene rings is 2. The van der Waals surface area contributed by atoms with Crippen LogP contribution in [-0.4, -0.2) is 13.5 Å². The third-order valence-electron chi connectivity index (χ3n) is 2.43. The van der Waals surface area contributed by atoms with Gasteiger partial charge in [-0.25, -0.2) is 8.42 Å². The molecule has 0 saturated heterocycles. The van der Waals surface area contributed by atoms with Gasteiger partial charge in [-0.1, -0.05) is 35.9 Å². The molecule has 2 aromatic rings. The number of hydrazine groups is 1. The second-order valence-electron chi connectivity index (χ2n) is 4.01. The van der Waals surface area contributed by atoms with E-state index in [4.69, 9.17) is 23.8 Å². The Morgan fingerprint density at radius 2 is 1.76 bits per heavy atom. The Morgan fingerprint density at radius 1 is 1.05 bits per heavy atom. The second-order valence-corrected chi connectivity index (χ2v) is 6.54. The number of rotatable bonds is 4. The SMILES string of the molecule is O=S(=O)(NNC(=S)Nc1cccc(Cl)c1)c1ccccc1. The molecule has 2 rings (SSSR count). The first-order chi connectivity index (χ1) is 9.97. The lowest BCUT2D eigenvalue weighted by Crippen LogP contribution is -2.43. The van der Waals surface area contributed by atoms with Crippen molar-refractivity contribution < 1.29 is 8.42 Å². The van der Waals surface area contributed by atoms with E-state index in [1.807, 2.05) is 0 Å². The molecule has 0 atom stereocenters. The Hall–Kier alpha value is -1.67. The molecule has 110 valence electrons. The van der Waals surface area contributed by atoms with Crippen LogP contribution in [0.15, 0.2) is 59.5 Å². The highest BCUT2D eigenvalue weighted by Gasteiger charge is 2.13. The molecule has 0 aliphatic carbocycles. The van der Waals surface area contributed by atoms with Crippen molar-refractivity contribution in [1.29, 1.82) is 0 Å². The van der Waals surface area contributed by atoms with Crippen LogP contribution in [0, 0.1) is 0 Å². The summed E-state index contributed by atoms with van der Waals surface area (Å²) >= 11 is 10.8. The molecule has 0 spiro atoms. The minimum atomic E-state index is -3.67. The molecule has 21 heavy (non-hydrogen) atoms. The van der Waals surface area contributed by atoms with Gasteiger partial charge in [0.05, 0.1) is 4.90 Å².